The molecular weight excluding hydrogens is 268 g/mol. The van der Waals surface area contributed by atoms with Crippen LogP contribution in [0.3, 0.4) is 0 Å². The highest BCUT2D eigenvalue weighted by Gasteiger charge is 2.55. The van der Waals surface area contributed by atoms with Crippen LogP contribution in [-0.2, 0) is 18.0 Å². The maximum atomic E-state index is 5.78. The highest BCUT2D eigenvalue weighted by Crippen LogP contribution is 2.58. The summed E-state index contributed by atoms with van der Waals surface area (Å²) in [5.74, 6) is 4.68. The normalized spacial score (nSPS) is 33.7. The minimum absolute atomic E-state index is 0.347. The molecule has 6 rings (SSSR count). The first-order chi connectivity index (χ1) is 10.4. The lowest BCUT2D eigenvalue weighted by Gasteiger charge is -2.53. The van der Waals surface area contributed by atoms with E-state index in [1.807, 2.05) is 0 Å². The predicted octanol–water partition coefficient (Wildman–Crippen LogP) is 0.982. The molecule has 0 radical (unpaired) electrons. The molecule has 0 N–H and O–H groups in total. The van der Waals surface area contributed by atoms with Crippen molar-refractivity contribution in [3.05, 3.63) is 35.4 Å². The Balaban J connectivity index is 1.65. The fourth-order valence-corrected chi connectivity index (χ4v) is 4.28. The Kier molecular flexibility index (Phi) is 1.64. The summed E-state index contributed by atoms with van der Waals surface area (Å²) in [6.45, 7) is 0.939. The molecule has 4 atom stereocenters. The number of rotatable bonds is 0. The number of ether oxygens (including phenoxy) is 1. The average Bonchev–Trinajstić information content (AvgIpc) is 3.07. The standard InChI is InChI=1S/C14H12N6O/c1-3-9-15-17-11-5-21-6-12-18-16-10-4-2-8-7(1)13(19(9)11)14(8)20(10)12/h1-4,7-8,13-14H,5-6H2. The van der Waals surface area contributed by atoms with Crippen molar-refractivity contribution in [3.63, 3.8) is 0 Å². The van der Waals surface area contributed by atoms with E-state index in [0.29, 0.717) is 37.1 Å². The van der Waals surface area contributed by atoms with E-state index in [9.17, 15) is 0 Å². The number of allylic oxidation sites excluding steroid dienone is 2. The SMILES string of the molecule is C1=CC2C3C=Cc4nnc5n4C3C2n2c1nnc2COC5. The molecule has 0 aromatic carbocycles. The topological polar surface area (TPSA) is 70.7 Å². The summed E-state index contributed by atoms with van der Waals surface area (Å²) in [6.07, 6.45) is 8.72. The molecule has 1 saturated carbocycles. The van der Waals surface area contributed by atoms with Gasteiger partial charge in [0.15, 0.2) is 23.3 Å². The van der Waals surface area contributed by atoms with Crippen LogP contribution in [0.4, 0.5) is 0 Å². The number of hydrogen-bond donors (Lipinski definition) is 0. The zero-order chi connectivity index (χ0) is 13.6. The van der Waals surface area contributed by atoms with Gasteiger partial charge in [-0.2, -0.15) is 0 Å². The van der Waals surface area contributed by atoms with Crippen LogP contribution in [0.5, 0.6) is 0 Å². The fourth-order valence-electron chi connectivity index (χ4n) is 4.28. The lowest BCUT2D eigenvalue weighted by atomic mass is 9.62. The Hall–Kier alpha value is -2.28. The van der Waals surface area contributed by atoms with Gasteiger partial charge < -0.3 is 13.9 Å². The molecule has 2 aromatic rings. The van der Waals surface area contributed by atoms with E-state index in [0.717, 1.165) is 23.3 Å². The molecule has 5 heterocycles. The number of fused-ring (bicyclic) bond motifs is 1. The zero-order valence-corrected chi connectivity index (χ0v) is 11.1. The molecular formula is C14H12N6O. The first-order valence-corrected chi connectivity index (χ1v) is 7.23. The van der Waals surface area contributed by atoms with Crippen molar-refractivity contribution in [2.24, 2.45) is 11.8 Å². The quantitative estimate of drug-likeness (QED) is 0.719. The molecule has 7 nitrogen and oxygen atoms in total. The number of nitrogens with zero attached hydrogens (tertiary/aromatic N) is 6. The van der Waals surface area contributed by atoms with Crippen LogP contribution in [-0.4, -0.2) is 29.5 Å². The highest BCUT2D eigenvalue weighted by molar-refractivity contribution is 5.51. The van der Waals surface area contributed by atoms with Gasteiger partial charge in [-0.15, -0.1) is 20.4 Å². The molecule has 4 unspecified atom stereocenters. The van der Waals surface area contributed by atoms with Gasteiger partial charge in [0.1, 0.15) is 13.2 Å². The van der Waals surface area contributed by atoms with Crippen LogP contribution in [0.25, 0.3) is 12.2 Å². The molecule has 104 valence electrons. The van der Waals surface area contributed by atoms with E-state index in [4.69, 9.17) is 4.74 Å². The van der Waals surface area contributed by atoms with Crippen molar-refractivity contribution in [1.82, 2.24) is 29.5 Å². The summed E-state index contributed by atoms with van der Waals surface area (Å²) in [5.41, 5.74) is 0. The highest BCUT2D eigenvalue weighted by atomic mass is 16.5. The molecule has 0 bridgehead atoms. The van der Waals surface area contributed by atoms with E-state index in [1.54, 1.807) is 0 Å². The van der Waals surface area contributed by atoms with Crippen molar-refractivity contribution >= 4 is 12.2 Å². The second-order valence-electron chi connectivity index (χ2n) is 6.04. The third kappa shape index (κ3) is 1.08. The Morgan fingerprint density at radius 2 is 1.33 bits per heavy atom. The first kappa shape index (κ1) is 10.4. The molecule has 0 saturated heterocycles. The van der Waals surface area contributed by atoms with Crippen molar-refractivity contribution < 1.29 is 4.74 Å². The third-order valence-corrected chi connectivity index (χ3v) is 5.16. The van der Waals surface area contributed by atoms with E-state index in [1.165, 1.54) is 0 Å². The van der Waals surface area contributed by atoms with Gasteiger partial charge in [0.05, 0.1) is 12.1 Å². The van der Waals surface area contributed by atoms with Crippen LogP contribution >= 0.6 is 0 Å². The largest absolute Gasteiger partial charge is 0.365 e. The lowest BCUT2D eigenvalue weighted by molar-refractivity contribution is 0.0529. The smallest absolute Gasteiger partial charge is 0.159 e. The van der Waals surface area contributed by atoms with Gasteiger partial charge in [0.2, 0.25) is 0 Å². The minimum atomic E-state index is 0.347. The first-order valence-electron chi connectivity index (χ1n) is 7.23. The second kappa shape index (κ2) is 3.30. The monoisotopic (exact) mass is 280 g/mol. The summed E-state index contributed by atoms with van der Waals surface area (Å²) >= 11 is 0. The number of aromatic nitrogens is 6. The Morgan fingerprint density at radius 1 is 0.810 bits per heavy atom. The molecule has 3 aliphatic heterocycles. The average molecular weight is 280 g/mol. The van der Waals surface area contributed by atoms with Crippen LogP contribution in [0, 0.1) is 11.8 Å². The number of hydrogen-bond acceptors (Lipinski definition) is 5. The summed E-state index contributed by atoms with van der Waals surface area (Å²) in [5, 5.41) is 17.2. The molecule has 2 aromatic heterocycles. The summed E-state index contributed by atoms with van der Waals surface area (Å²) in [4.78, 5) is 0. The van der Waals surface area contributed by atoms with Crippen LogP contribution in [0.2, 0.25) is 0 Å². The van der Waals surface area contributed by atoms with Gasteiger partial charge in [-0.3, -0.25) is 0 Å². The van der Waals surface area contributed by atoms with E-state index < -0.39 is 0 Å². The molecule has 1 aliphatic carbocycles. The van der Waals surface area contributed by atoms with Gasteiger partial charge in [0.25, 0.3) is 0 Å². The fraction of sp³-hybridized carbons (Fsp3) is 0.429. The van der Waals surface area contributed by atoms with Crippen molar-refractivity contribution in [2.45, 2.75) is 25.3 Å². The molecule has 7 heteroatoms. The summed E-state index contributed by atoms with van der Waals surface area (Å²) in [6, 6.07) is 0.695. The zero-order valence-electron chi connectivity index (χ0n) is 11.1. The van der Waals surface area contributed by atoms with E-state index >= 15 is 0 Å². The molecule has 1 fully saturated rings. The maximum absolute atomic E-state index is 5.78. The van der Waals surface area contributed by atoms with Crippen molar-refractivity contribution in [3.8, 4) is 0 Å². The predicted molar refractivity (Wildman–Crippen MR) is 71.7 cm³/mol. The molecule has 21 heavy (non-hydrogen) atoms. The Morgan fingerprint density at radius 3 is 1.86 bits per heavy atom. The van der Waals surface area contributed by atoms with Crippen LogP contribution in [0.15, 0.2) is 12.2 Å². The van der Waals surface area contributed by atoms with Gasteiger partial charge >= 0.3 is 0 Å². The summed E-state index contributed by atoms with van der Waals surface area (Å²) < 4.78 is 10.3. The second-order valence-corrected chi connectivity index (χ2v) is 6.04. The summed E-state index contributed by atoms with van der Waals surface area (Å²) in [7, 11) is 0. The Labute approximate surface area is 120 Å². The Bertz CT molecular complexity index is 762. The van der Waals surface area contributed by atoms with Gasteiger partial charge in [-0.1, -0.05) is 12.2 Å². The third-order valence-electron chi connectivity index (χ3n) is 5.16. The molecule has 4 aliphatic rings. The molecule has 0 spiro atoms. The lowest BCUT2D eigenvalue weighted by Crippen LogP contribution is -2.50. The van der Waals surface area contributed by atoms with Crippen LogP contribution < -0.4 is 0 Å². The van der Waals surface area contributed by atoms with E-state index in [-0.39, 0.29) is 0 Å². The van der Waals surface area contributed by atoms with Gasteiger partial charge in [-0.25, -0.2) is 0 Å². The van der Waals surface area contributed by atoms with Crippen molar-refractivity contribution in [2.75, 3.05) is 0 Å². The van der Waals surface area contributed by atoms with Gasteiger partial charge in [0, 0.05) is 11.8 Å². The van der Waals surface area contributed by atoms with E-state index in [2.05, 4.69) is 53.8 Å². The van der Waals surface area contributed by atoms with Crippen LogP contribution in [0.1, 0.15) is 35.4 Å². The van der Waals surface area contributed by atoms with Crippen molar-refractivity contribution in [1.29, 1.82) is 0 Å². The minimum Gasteiger partial charge on any atom is -0.365 e. The van der Waals surface area contributed by atoms with Gasteiger partial charge in [-0.05, 0) is 12.2 Å². The maximum Gasteiger partial charge on any atom is 0.159 e. The molecule has 0 amide bonds.